The standard InChI is InChI=1S/C8H17ClO2/c1-7(4-9)5-11-8(2)6-10-3/h7-8H,4-6H2,1-3H3. The summed E-state index contributed by atoms with van der Waals surface area (Å²) >= 11 is 5.60. The third-order valence-electron chi connectivity index (χ3n) is 1.33. The Labute approximate surface area is 73.8 Å². The molecule has 0 amide bonds. The summed E-state index contributed by atoms with van der Waals surface area (Å²) in [5.74, 6) is 1.08. The second kappa shape index (κ2) is 6.89. The Kier molecular flexibility index (Phi) is 7.02. The van der Waals surface area contributed by atoms with Crippen LogP contribution < -0.4 is 0 Å². The number of hydrogen-bond acceptors (Lipinski definition) is 2. The van der Waals surface area contributed by atoms with E-state index in [1.807, 2.05) is 6.92 Å². The molecule has 0 spiro atoms. The minimum absolute atomic E-state index is 0.172. The van der Waals surface area contributed by atoms with Gasteiger partial charge in [0, 0.05) is 13.0 Å². The lowest BCUT2D eigenvalue weighted by atomic mass is 10.2. The van der Waals surface area contributed by atoms with Gasteiger partial charge in [0.2, 0.25) is 0 Å². The number of methoxy groups -OCH3 is 1. The largest absolute Gasteiger partial charge is 0.382 e. The van der Waals surface area contributed by atoms with Crippen molar-refractivity contribution < 1.29 is 9.47 Å². The van der Waals surface area contributed by atoms with Gasteiger partial charge in [0.05, 0.1) is 19.3 Å². The van der Waals surface area contributed by atoms with Crippen molar-refractivity contribution in [1.29, 1.82) is 0 Å². The average molecular weight is 181 g/mol. The van der Waals surface area contributed by atoms with Crippen LogP contribution in [0.5, 0.6) is 0 Å². The van der Waals surface area contributed by atoms with Crippen LogP contribution in [0.4, 0.5) is 0 Å². The molecule has 0 saturated heterocycles. The first-order valence-electron chi connectivity index (χ1n) is 3.87. The van der Waals surface area contributed by atoms with Crippen LogP contribution in [0.3, 0.4) is 0 Å². The Bertz CT molecular complexity index is 88.2. The zero-order chi connectivity index (χ0) is 8.69. The van der Waals surface area contributed by atoms with E-state index >= 15 is 0 Å². The maximum atomic E-state index is 5.60. The zero-order valence-corrected chi connectivity index (χ0v) is 8.23. The summed E-state index contributed by atoms with van der Waals surface area (Å²) in [6, 6.07) is 0. The third kappa shape index (κ3) is 6.60. The molecule has 0 aromatic rings. The zero-order valence-electron chi connectivity index (χ0n) is 7.47. The summed E-state index contributed by atoms with van der Waals surface area (Å²) in [7, 11) is 1.67. The van der Waals surface area contributed by atoms with Gasteiger partial charge >= 0.3 is 0 Å². The molecular weight excluding hydrogens is 164 g/mol. The fourth-order valence-electron chi connectivity index (χ4n) is 0.656. The molecule has 0 aromatic heterocycles. The summed E-state index contributed by atoms with van der Waals surface area (Å²) in [6.07, 6.45) is 0.172. The minimum atomic E-state index is 0.172. The van der Waals surface area contributed by atoms with Crippen molar-refractivity contribution in [3.8, 4) is 0 Å². The van der Waals surface area contributed by atoms with E-state index in [4.69, 9.17) is 21.1 Å². The normalized spacial score (nSPS) is 16.4. The molecule has 0 aliphatic rings. The SMILES string of the molecule is COCC(C)OCC(C)CCl. The summed E-state index contributed by atoms with van der Waals surface area (Å²) in [5, 5.41) is 0. The Morgan fingerprint density at radius 3 is 2.36 bits per heavy atom. The van der Waals surface area contributed by atoms with Gasteiger partial charge in [0.25, 0.3) is 0 Å². The van der Waals surface area contributed by atoms with E-state index < -0.39 is 0 Å². The highest BCUT2D eigenvalue weighted by molar-refractivity contribution is 6.18. The molecule has 0 aliphatic heterocycles. The van der Waals surface area contributed by atoms with E-state index in [0.717, 1.165) is 0 Å². The Balaban J connectivity index is 3.22. The molecule has 0 aliphatic carbocycles. The fourth-order valence-corrected chi connectivity index (χ4v) is 0.745. The van der Waals surface area contributed by atoms with Gasteiger partial charge in [-0.05, 0) is 12.8 Å². The monoisotopic (exact) mass is 180 g/mol. The van der Waals surface area contributed by atoms with E-state index in [1.54, 1.807) is 7.11 Å². The molecule has 68 valence electrons. The second-order valence-electron chi connectivity index (χ2n) is 2.86. The summed E-state index contributed by atoms with van der Waals surface area (Å²) < 4.78 is 10.3. The van der Waals surface area contributed by atoms with Crippen LogP contribution in [0.15, 0.2) is 0 Å². The van der Waals surface area contributed by atoms with Crippen molar-refractivity contribution in [3.05, 3.63) is 0 Å². The molecule has 2 nitrogen and oxygen atoms in total. The van der Waals surface area contributed by atoms with E-state index in [2.05, 4.69) is 6.92 Å². The molecule has 0 N–H and O–H groups in total. The number of alkyl halides is 1. The molecule has 0 aromatic carbocycles. The molecule has 3 heteroatoms. The maximum Gasteiger partial charge on any atom is 0.0780 e. The lowest BCUT2D eigenvalue weighted by Crippen LogP contribution is -2.19. The molecule has 0 heterocycles. The van der Waals surface area contributed by atoms with E-state index in [1.165, 1.54) is 0 Å². The minimum Gasteiger partial charge on any atom is -0.382 e. The van der Waals surface area contributed by atoms with Crippen LogP contribution in [-0.4, -0.2) is 32.3 Å². The second-order valence-corrected chi connectivity index (χ2v) is 3.17. The van der Waals surface area contributed by atoms with Gasteiger partial charge in [-0.1, -0.05) is 6.92 Å². The molecule has 0 radical (unpaired) electrons. The number of hydrogen-bond donors (Lipinski definition) is 0. The van der Waals surface area contributed by atoms with Gasteiger partial charge in [0.15, 0.2) is 0 Å². The first-order valence-corrected chi connectivity index (χ1v) is 4.40. The summed E-state index contributed by atoms with van der Waals surface area (Å²) in [4.78, 5) is 0. The summed E-state index contributed by atoms with van der Waals surface area (Å²) in [5.41, 5.74) is 0. The van der Waals surface area contributed by atoms with Gasteiger partial charge < -0.3 is 9.47 Å². The van der Waals surface area contributed by atoms with Gasteiger partial charge in [0.1, 0.15) is 0 Å². The van der Waals surface area contributed by atoms with E-state index in [9.17, 15) is 0 Å². The molecule has 2 atom stereocenters. The van der Waals surface area contributed by atoms with E-state index in [-0.39, 0.29) is 6.10 Å². The molecule has 0 fully saturated rings. The average Bonchev–Trinajstić information content (AvgIpc) is 2.01. The molecule has 0 bridgehead atoms. The number of rotatable bonds is 6. The maximum absolute atomic E-state index is 5.60. The predicted octanol–water partition coefficient (Wildman–Crippen LogP) is 1.91. The van der Waals surface area contributed by atoms with Gasteiger partial charge in [-0.3, -0.25) is 0 Å². The van der Waals surface area contributed by atoms with Crippen LogP contribution in [0.1, 0.15) is 13.8 Å². The molecule has 0 saturated carbocycles. The summed E-state index contributed by atoms with van der Waals surface area (Å²) in [6.45, 7) is 5.42. The van der Waals surface area contributed by atoms with Crippen molar-refractivity contribution in [1.82, 2.24) is 0 Å². The molecule has 0 rings (SSSR count). The Morgan fingerprint density at radius 2 is 1.91 bits per heavy atom. The lowest BCUT2D eigenvalue weighted by molar-refractivity contribution is -0.00166. The quantitative estimate of drug-likeness (QED) is 0.582. The topological polar surface area (TPSA) is 18.5 Å². The first-order chi connectivity index (χ1) is 5.20. The van der Waals surface area contributed by atoms with Crippen molar-refractivity contribution in [2.24, 2.45) is 5.92 Å². The van der Waals surface area contributed by atoms with Crippen LogP contribution >= 0.6 is 11.6 Å². The number of halogens is 1. The Morgan fingerprint density at radius 1 is 1.27 bits per heavy atom. The molecular formula is C8H17ClO2. The van der Waals surface area contributed by atoms with E-state index in [0.29, 0.717) is 25.0 Å². The van der Waals surface area contributed by atoms with Gasteiger partial charge in [-0.15, -0.1) is 11.6 Å². The highest BCUT2D eigenvalue weighted by Gasteiger charge is 2.04. The van der Waals surface area contributed by atoms with Crippen molar-refractivity contribution >= 4 is 11.6 Å². The molecule has 11 heavy (non-hydrogen) atoms. The first kappa shape index (κ1) is 11.2. The van der Waals surface area contributed by atoms with Crippen LogP contribution in [0.2, 0.25) is 0 Å². The van der Waals surface area contributed by atoms with Crippen LogP contribution in [0.25, 0.3) is 0 Å². The fraction of sp³-hybridized carbons (Fsp3) is 1.00. The van der Waals surface area contributed by atoms with Crippen molar-refractivity contribution in [2.75, 3.05) is 26.2 Å². The van der Waals surface area contributed by atoms with Crippen molar-refractivity contribution in [3.63, 3.8) is 0 Å². The third-order valence-corrected chi connectivity index (χ3v) is 1.86. The highest BCUT2D eigenvalue weighted by Crippen LogP contribution is 2.01. The highest BCUT2D eigenvalue weighted by atomic mass is 35.5. The lowest BCUT2D eigenvalue weighted by Gasteiger charge is -2.14. The smallest absolute Gasteiger partial charge is 0.0780 e. The number of ether oxygens (including phenoxy) is 2. The van der Waals surface area contributed by atoms with Crippen LogP contribution in [0, 0.1) is 5.92 Å². The predicted molar refractivity (Wildman–Crippen MR) is 47.2 cm³/mol. The van der Waals surface area contributed by atoms with Crippen LogP contribution in [-0.2, 0) is 9.47 Å². The van der Waals surface area contributed by atoms with Gasteiger partial charge in [-0.2, -0.15) is 0 Å². The van der Waals surface area contributed by atoms with Crippen molar-refractivity contribution in [2.45, 2.75) is 20.0 Å². The van der Waals surface area contributed by atoms with Gasteiger partial charge in [-0.25, -0.2) is 0 Å². The molecule has 2 unspecified atom stereocenters. The Hall–Kier alpha value is 0.210.